The number of rotatable bonds is 6. The molecular formula is C15H22N2O. The molecule has 0 amide bonds. The van der Waals surface area contributed by atoms with E-state index in [0.29, 0.717) is 0 Å². The predicted octanol–water partition coefficient (Wildman–Crippen LogP) is 3.04. The smallest absolute Gasteiger partial charge is 0.134 e. The fraction of sp³-hybridized carbons (Fsp3) is 0.467. The number of benzene rings is 1. The highest BCUT2D eigenvalue weighted by Crippen LogP contribution is 2.24. The third kappa shape index (κ3) is 3.12. The predicted molar refractivity (Wildman–Crippen MR) is 75.8 cm³/mol. The van der Waals surface area contributed by atoms with Crippen molar-refractivity contribution < 1.29 is 4.42 Å². The zero-order chi connectivity index (χ0) is 13.0. The van der Waals surface area contributed by atoms with Gasteiger partial charge in [-0.3, -0.25) is 0 Å². The van der Waals surface area contributed by atoms with Gasteiger partial charge in [0, 0.05) is 11.9 Å². The molecule has 98 valence electrons. The fourth-order valence-corrected chi connectivity index (χ4v) is 2.11. The van der Waals surface area contributed by atoms with Gasteiger partial charge in [-0.25, -0.2) is 0 Å². The van der Waals surface area contributed by atoms with Crippen LogP contribution in [0.3, 0.4) is 0 Å². The Hall–Kier alpha value is -1.32. The Kier molecular flexibility index (Phi) is 4.39. The van der Waals surface area contributed by atoms with Crippen molar-refractivity contribution >= 4 is 11.0 Å². The number of para-hydroxylation sites is 1. The van der Waals surface area contributed by atoms with Crippen molar-refractivity contribution in [3.05, 3.63) is 36.1 Å². The lowest BCUT2D eigenvalue weighted by Crippen LogP contribution is -2.31. The molecule has 3 nitrogen and oxygen atoms in total. The van der Waals surface area contributed by atoms with E-state index in [4.69, 9.17) is 4.42 Å². The maximum atomic E-state index is 5.94. The zero-order valence-electron chi connectivity index (χ0n) is 11.4. The van der Waals surface area contributed by atoms with Crippen LogP contribution in [0.4, 0.5) is 0 Å². The minimum Gasteiger partial charge on any atom is -0.459 e. The molecule has 0 radical (unpaired) electrons. The van der Waals surface area contributed by atoms with Gasteiger partial charge in [0.05, 0.1) is 6.04 Å². The minimum atomic E-state index is 0.257. The second-order valence-electron chi connectivity index (χ2n) is 4.96. The molecule has 18 heavy (non-hydrogen) atoms. The summed E-state index contributed by atoms with van der Waals surface area (Å²) in [6.07, 6.45) is 1.13. The lowest BCUT2D eigenvalue weighted by molar-refractivity contribution is 0.313. The molecule has 0 aliphatic heterocycles. The van der Waals surface area contributed by atoms with Crippen molar-refractivity contribution in [3.63, 3.8) is 0 Å². The summed E-state index contributed by atoms with van der Waals surface area (Å²) in [5.41, 5.74) is 0.967. The standard InChI is InChI=1S/C15H22N2O/c1-4-9-16-13(11-17(2)3)15-10-12-7-5-6-8-14(12)18-15/h5-8,10,13,16H,4,9,11H2,1-3H3. The highest BCUT2D eigenvalue weighted by atomic mass is 16.3. The first-order valence-corrected chi connectivity index (χ1v) is 6.57. The molecule has 2 rings (SSSR count). The molecule has 1 aromatic carbocycles. The van der Waals surface area contributed by atoms with E-state index in [1.807, 2.05) is 18.2 Å². The van der Waals surface area contributed by atoms with Gasteiger partial charge in [0.2, 0.25) is 0 Å². The van der Waals surface area contributed by atoms with E-state index in [0.717, 1.165) is 30.9 Å². The van der Waals surface area contributed by atoms with Crippen LogP contribution >= 0.6 is 0 Å². The van der Waals surface area contributed by atoms with E-state index in [-0.39, 0.29) is 6.04 Å². The van der Waals surface area contributed by atoms with Gasteiger partial charge in [-0.2, -0.15) is 0 Å². The van der Waals surface area contributed by atoms with E-state index in [2.05, 4.69) is 43.4 Å². The van der Waals surface area contributed by atoms with Crippen molar-refractivity contribution in [1.82, 2.24) is 10.2 Å². The van der Waals surface area contributed by atoms with Crippen molar-refractivity contribution in [2.24, 2.45) is 0 Å². The molecule has 1 N–H and O–H groups in total. The molecule has 0 aliphatic carbocycles. The molecule has 0 spiro atoms. The monoisotopic (exact) mass is 246 g/mol. The molecule has 0 fully saturated rings. The summed E-state index contributed by atoms with van der Waals surface area (Å²) >= 11 is 0. The summed E-state index contributed by atoms with van der Waals surface area (Å²) in [5, 5.41) is 4.72. The van der Waals surface area contributed by atoms with Gasteiger partial charge in [0.15, 0.2) is 0 Å². The number of furan rings is 1. The second-order valence-corrected chi connectivity index (χ2v) is 4.96. The van der Waals surface area contributed by atoms with Gasteiger partial charge < -0.3 is 14.6 Å². The third-order valence-corrected chi connectivity index (χ3v) is 2.98. The lowest BCUT2D eigenvalue weighted by Gasteiger charge is -2.20. The SMILES string of the molecule is CCCNC(CN(C)C)c1cc2ccccc2o1. The van der Waals surface area contributed by atoms with Crippen molar-refractivity contribution in [3.8, 4) is 0 Å². The molecule has 0 bridgehead atoms. The van der Waals surface area contributed by atoms with E-state index >= 15 is 0 Å². The van der Waals surface area contributed by atoms with Crippen LogP contribution in [0.1, 0.15) is 25.1 Å². The average Bonchev–Trinajstić information content (AvgIpc) is 2.77. The minimum absolute atomic E-state index is 0.257. The Labute approximate surface area is 109 Å². The Morgan fingerprint density at radius 1 is 1.28 bits per heavy atom. The maximum absolute atomic E-state index is 5.94. The van der Waals surface area contributed by atoms with Gasteiger partial charge in [-0.1, -0.05) is 25.1 Å². The first-order chi connectivity index (χ1) is 8.70. The molecule has 0 saturated heterocycles. The van der Waals surface area contributed by atoms with Crippen molar-refractivity contribution in [2.75, 3.05) is 27.2 Å². The van der Waals surface area contributed by atoms with Crippen LogP contribution in [0.5, 0.6) is 0 Å². The molecule has 1 atom stereocenters. The third-order valence-electron chi connectivity index (χ3n) is 2.98. The summed E-state index contributed by atoms with van der Waals surface area (Å²) in [6.45, 7) is 4.13. The number of hydrogen-bond donors (Lipinski definition) is 1. The van der Waals surface area contributed by atoms with Gasteiger partial charge >= 0.3 is 0 Å². The Bertz CT molecular complexity index is 457. The Balaban J connectivity index is 2.22. The summed E-state index contributed by atoms with van der Waals surface area (Å²) < 4.78 is 5.94. The summed E-state index contributed by atoms with van der Waals surface area (Å²) in [4.78, 5) is 2.18. The summed E-state index contributed by atoms with van der Waals surface area (Å²) in [5.74, 6) is 1.03. The number of nitrogens with zero attached hydrogens (tertiary/aromatic N) is 1. The maximum Gasteiger partial charge on any atom is 0.134 e. The van der Waals surface area contributed by atoms with Crippen LogP contribution in [-0.2, 0) is 0 Å². The number of likely N-dealkylation sites (N-methyl/N-ethyl adjacent to an activating group) is 1. The number of nitrogens with one attached hydrogen (secondary N) is 1. The van der Waals surface area contributed by atoms with Crippen LogP contribution < -0.4 is 5.32 Å². The van der Waals surface area contributed by atoms with Crippen molar-refractivity contribution in [2.45, 2.75) is 19.4 Å². The van der Waals surface area contributed by atoms with E-state index in [1.165, 1.54) is 5.39 Å². The molecule has 3 heteroatoms. The van der Waals surface area contributed by atoms with Gasteiger partial charge in [-0.05, 0) is 39.2 Å². The second kappa shape index (κ2) is 6.03. The summed E-state index contributed by atoms with van der Waals surface area (Å²) in [7, 11) is 4.17. The Morgan fingerprint density at radius 3 is 2.72 bits per heavy atom. The van der Waals surface area contributed by atoms with Crippen molar-refractivity contribution in [1.29, 1.82) is 0 Å². The molecule has 1 heterocycles. The van der Waals surface area contributed by atoms with E-state index in [9.17, 15) is 0 Å². The number of hydrogen-bond acceptors (Lipinski definition) is 3. The van der Waals surface area contributed by atoms with Gasteiger partial charge in [-0.15, -0.1) is 0 Å². The zero-order valence-corrected chi connectivity index (χ0v) is 11.4. The molecular weight excluding hydrogens is 224 g/mol. The van der Waals surface area contributed by atoms with Crippen LogP contribution in [-0.4, -0.2) is 32.1 Å². The lowest BCUT2D eigenvalue weighted by atomic mass is 10.2. The van der Waals surface area contributed by atoms with Crippen LogP contribution in [0, 0.1) is 0 Å². The van der Waals surface area contributed by atoms with E-state index < -0.39 is 0 Å². The fourth-order valence-electron chi connectivity index (χ4n) is 2.11. The highest BCUT2D eigenvalue weighted by Gasteiger charge is 2.16. The Morgan fingerprint density at radius 2 is 2.06 bits per heavy atom. The average molecular weight is 246 g/mol. The molecule has 2 aromatic rings. The molecule has 1 aromatic heterocycles. The van der Waals surface area contributed by atoms with Crippen LogP contribution in [0.15, 0.2) is 34.7 Å². The first kappa shape index (κ1) is 13.1. The molecule has 0 aliphatic rings. The van der Waals surface area contributed by atoms with Gasteiger partial charge in [0.1, 0.15) is 11.3 Å². The molecule has 0 saturated carbocycles. The van der Waals surface area contributed by atoms with Crippen LogP contribution in [0.25, 0.3) is 11.0 Å². The van der Waals surface area contributed by atoms with Crippen LogP contribution in [0.2, 0.25) is 0 Å². The molecule has 1 unspecified atom stereocenters. The normalized spacial score (nSPS) is 13.3. The number of fused-ring (bicyclic) bond motifs is 1. The highest BCUT2D eigenvalue weighted by molar-refractivity contribution is 5.77. The first-order valence-electron chi connectivity index (χ1n) is 6.57. The summed E-state index contributed by atoms with van der Waals surface area (Å²) in [6, 6.07) is 10.6. The van der Waals surface area contributed by atoms with Gasteiger partial charge in [0.25, 0.3) is 0 Å². The quantitative estimate of drug-likeness (QED) is 0.849. The topological polar surface area (TPSA) is 28.4 Å². The largest absolute Gasteiger partial charge is 0.459 e. The van der Waals surface area contributed by atoms with E-state index in [1.54, 1.807) is 0 Å².